The Labute approximate surface area is 98.4 Å². The Morgan fingerprint density at radius 2 is 2.06 bits per heavy atom. The van der Waals surface area contributed by atoms with E-state index in [4.69, 9.17) is 9.47 Å². The number of allylic oxidation sites excluding steroid dienone is 4. The van der Waals surface area contributed by atoms with E-state index in [-0.39, 0.29) is 5.41 Å². The molecule has 16 heavy (non-hydrogen) atoms. The minimum Gasteiger partial charge on any atom is -0.369 e. The van der Waals surface area contributed by atoms with Crippen molar-refractivity contribution in [3.05, 3.63) is 35.8 Å². The minimum atomic E-state index is -1.24. The molecule has 0 radical (unpaired) electrons. The molecule has 4 heteroatoms. The van der Waals surface area contributed by atoms with Crippen LogP contribution in [0.25, 0.3) is 0 Å². The molecule has 2 heterocycles. The van der Waals surface area contributed by atoms with Crippen molar-refractivity contribution in [2.24, 2.45) is 0 Å². The van der Waals surface area contributed by atoms with Crippen LogP contribution in [0.1, 0.15) is 12.8 Å². The summed E-state index contributed by atoms with van der Waals surface area (Å²) in [4.78, 5) is 0. The lowest BCUT2D eigenvalue weighted by Crippen LogP contribution is -2.48. The van der Waals surface area contributed by atoms with Gasteiger partial charge in [-0.15, -0.1) is 0 Å². The average Bonchev–Trinajstić information content (AvgIpc) is 2.57. The van der Waals surface area contributed by atoms with Gasteiger partial charge in [0.15, 0.2) is 14.2 Å². The third-order valence-electron chi connectivity index (χ3n) is 3.46. The van der Waals surface area contributed by atoms with Crippen LogP contribution in [0.4, 0.5) is 0 Å². The molecule has 2 aliphatic rings. The van der Waals surface area contributed by atoms with Crippen molar-refractivity contribution in [2.45, 2.75) is 24.3 Å². The van der Waals surface area contributed by atoms with Gasteiger partial charge < -0.3 is 14.8 Å². The first-order valence-corrected chi connectivity index (χ1v) is 7.70. The van der Waals surface area contributed by atoms with Gasteiger partial charge in [-0.1, -0.05) is 18.6 Å². The summed E-state index contributed by atoms with van der Waals surface area (Å²) >= 11 is 0. The largest absolute Gasteiger partial charge is 0.369 e. The van der Waals surface area contributed by atoms with Crippen LogP contribution in [0.3, 0.4) is 0 Å². The number of nitrogens with one attached hydrogen (secondary N) is 1. The highest BCUT2D eigenvalue weighted by molar-refractivity contribution is 6.69. The van der Waals surface area contributed by atoms with Crippen LogP contribution in [0.2, 0.25) is 6.04 Å². The maximum atomic E-state index is 5.67. The van der Waals surface area contributed by atoms with Gasteiger partial charge in [0, 0.05) is 25.7 Å². The summed E-state index contributed by atoms with van der Waals surface area (Å²) in [5, 5.41) is 4.68. The highest BCUT2D eigenvalue weighted by atomic mass is 28.3. The van der Waals surface area contributed by atoms with Gasteiger partial charge in [-0.05, 0) is 24.6 Å². The lowest BCUT2D eigenvalue weighted by molar-refractivity contribution is -0.145. The van der Waals surface area contributed by atoms with E-state index < -0.39 is 8.80 Å². The van der Waals surface area contributed by atoms with Gasteiger partial charge in [-0.3, -0.25) is 0 Å². The van der Waals surface area contributed by atoms with Gasteiger partial charge in [-0.25, -0.2) is 0 Å². The van der Waals surface area contributed by atoms with Crippen LogP contribution in [0.15, 0.2) is 35.8 Å². The summed E-state index contributed by atoms with van der Waals surface area (Å²) in [6, 6.07) is 1.24. The first kappa shape index (κ1) is 11.6. The normalized spacial score (nSPS) is 27.4. The molecule has 1 atom stereocenters. The Balaban J connectivity index is 2.22. The lowest BCUT2D eigenvalue weighted by atomic mass is 10.3. The van der Waals surface area contributed by atoms with Gasteiger partial charge in [0.25, 0.3) is 0 Å². The molecule has 0 bridgehead atoms. The Hall–Kier alpha value is -0.843. The summed E-state index contributed by atoms with van der Waals surface area (Å²) in [5.74, 6) is 0. The van der Waals surface area contributed by atoms with Crippen molar-refractivity contribution in [3.8, 4) is 0 Å². The number of hydrogen-bond acceptors (Lipinski definition) is 3. The number of rotatable bonds is 3. The molecule has 3 nitrogen and oxygen atoms in total. The molecule has 0 spiro atoms. The highest BCUT2D eigenvalue weighted by Gasteiger charge is 2.46. The van der Waals surface area contributed by atoms with Crippen molar-refractivity contribution in [1.82, 2.24) is 5.32 Å². The molecule has 2 aliphatic heterocycles. The fourth-order valence-corrected chi connectivity index (χ4v) is 6.20. The second-order valence-corrected chi connectivity index (χ2v) is 7.36. The second kappa shape index (κ2) is 4.99. The Bertz CT molecular complexity index is 332. The van der Waals surface area contributed by atoms with E-state index in [1.807, 2.05) is 18.4 Å². The first-order valence-electron chi connectivity index (χ1n) is 5.72. The van der Waals surface area contributed by atoms with E-state index >= 15 is 0 Å². The zero-order valence-electron chi connectivity index (χ0n) is 9.90. The summed E-state index contributed by atoms with van der Waals surface area (Å²) in [5.41, 5.74) is -0.315. The average molecular weight is 237 g/mol. The Morgan fingerprint density at radius 1 is 1.25 bits per heavy atom. The fourth-order valence-electron chi connectivity index (χ4n) is 2.60. The van der Waals surface area contributed by atoms with Crippen LogP contribution in [-0.4, -0.2) is 28.4 Å². The topological polar surface area (TPSA) is 30.5 Å². The van der Waals surface area contributed by atoms with Crippen molar-refractivity contribution < 1.29 is 9.47 Å². The minimum absolute atomic E-state index is 0.315. The fraction of sp³-hybridized carbons (Fsp3) is 0.500. The molecule has 1 N–H and O–H groups in total. The molecule has 0 aromatic heterocycles. The van der Waals surface area contributed by atoms with E-state index in [2.05, 4.69) is 17.5 Å². The molecular formula is C12H19NO2Si. The number of methoxy groups -OCH3 is 2. The standard InChI is InChI=1S/C12H19NO2Si/c1-14-12(15-2)8-6-10-16(12)11-7-4-3-5-9-13-11/h3-5,7,9,13,16H,6,8,10H2,1-2H3. The second-order valence-electron chi connectivity index (χ2n) is 4.18. The van der Waals surface area contributed by atoms with Crippen LogP contribution in [-0.2, 0) is 9.47 Å². The van der Waals surface area contributed by atoms with Gasteiger partial charge >= 0.3 is 0 Å². The van der Waals surface area contributed by atoms with Crippen LogP contribution < -0.4 is 5.32 Å². The van der Waals surface area contributed by atoms with Crippen LogP contribution in [0, 0.1) is 0 Å². The Kier molecular flexibility index (Phi) is 3.63. The highest BCUT2D eigenvalue weighted by Crippen LogP contribution is 2.36. The lowest BCUT2D eigenvalue weighted by Gasteiger charge is -2.33. The van der Waals surface area contributed by atoms with Crippen LogP contribution >= 0.6 is 0 Å². The summed E-state index contributed by atoms with van der Waals surface area (Å²) < 4.78 is 11.3. The molecule has 0 aromatic carbocycles. The molecule has 88 valence electrons. The van der Waals surface area contributed by atoms with Crippen LogP contribution in [0.5, 0.6) is 0 Å². The summed E-state index contributed by atoms with van der Waals surface area (Å²) in [7, 11) is 2.28. The maximum Gasteiger partial charge on any atom is 0.161 e. The maximum absolute atomic E-state index is 5.67. The molecular weight excluding hydrogens is 218 g/mol. The smallest absolute Gasteiger partial charge is 0.161 e. The van der Waals surface area contributed by atoms with Crippen molar-refractivity contribution in [1.29, 1.82) is 0 Å². The zero-order valence-corrected chi connectivity index (χ0v) is 11.1. The third kappa shape index (κ3) is 2.00. The number of ether oxygens (including phenoxy) is 2. The SMILES string of the molecule is COC1(OC)CCC[SiH]1C1=CC=CC=CN1. The Morgan fingerprint density at radius 3 is 2.81 bits per heavy atom. The molecule has 1 saturated heterocycles. The quantitative estimate of drug-likeness (QED) is 0.598. The summed E-state index contributed by atoms with van der Waals surface area (Å²) in [6.07, 6.45) is 12.5. The van der Waals surface area contributed by atoms with E-state index in [1.165, 1.54) is 17.8 Å². The van der Waals surface area contributed by atoms with Crippen molar-refractivity contribution in [2.75, 3.05) is 14.2 Å². The van der Waals surface area contributed by atoms with Gasteiger partial charge in [0.05, 0.1) is 0 Å². The van der Waals surface area contributed by atoms with E-state index in [1.54, 1.807) is 14.2 Å². The monoisotopic (exact) mass is 237 g/mol. The molecule has 0 amide bonds. The molecule has 1 unspecified atom stereocenters. The molecule has 0 aromatic rings. The first-order chi connectivity index (χ1) is 7.82. The van der Waals surface area contributed by atoms with E-state index in [9.17, 15) is 0 Å². The number of hydrogen-bond donors (Lipinski definition) is 1. The molecule has 1 fully saturated rings. The zero-order chi connectivity index (χ0) is 11.4. The predicted molar refractivity (Wildman–Crippen MR) is 67.4 cm³/mol. The van der Waals surface area contributed by atoms with Crippen molar-refractivity contribution in [3.63, 3.8) is 0 Å². The van der Waals surface area contributed by atoms with E-state index in [0.717, 1.165) is 6.42 Å². The van der Waals surface area contributed by atoms with Gasteiger partial charge in [0.1, 0.15) is 0 Å². The van der Waals surface area contributed by atoms with E-state index in [0.29, 0.717) is 0 Å². The predicted octanol–water partition coefficient (Wildman–Crippen LogP) is 1.63. The van der Waals surface area contributed by atoms with Crippen molar-refractivity contribution >= 4 is 8.80 Å². The molecule has 0 saturated carbocycles. The van der Waals surface area contributed by atoms with Gasteiger partial charge in [-0.2, -0.15) is 0 Å². The molecule has 2 rings (SSSR count). The third-order valence-corrected chi connectivity index (χ3v) is 7.38. The molecule has 0 aliphatic carbocycles. The summed E-state index contributed by atoms with van der Waals surface area (Å²) in [6.45, 7) is 0. The van der Waals surface area contributed by atoms with Gasteiger partial charge in [0.2, 0.25) is 0 Å².